The molecule has 3 heteroatoms. The molecule has 1 saturated heterocycles. The van der Waals surface area contributed by atoms with E-state index >= 15 is 0 Å². The minimum absolute atomic E-state index is 0.754. The van der Waals surface area contributed by atoms with Gasteiger partial charge in [0.1, 0.15) is 0 Å². The Morgan fingerprint density at radius 1 is 1.17 bits per heavy atom. The number of rotatable bonds is 1. The first kappa shape index (κ1) is 8.36. The van der Waals surface area contributed by atoms with Gasteiger partial charge in [0.15, 0.2) is 5.06 Å². The zero-order valence-corrected chi connectivity index (χ0v) is 8.06. The Balaban J connectivity index is 2.35. The molecule has 1 heterocycles. The largest absolute Gasteiger partial charge is 0.325 e. The Bertz CT molecular complexity index is 297. The fourth-order valence-electron chi connectivity index (χ4n) is 1.21. The van der Waals surface area contributed by atoms with Gasteiger partial charge in [-0.3, -0.25) is 0 Å². The minimum atomic E-state index is -0.824. The van der Waals surface area contributed by atoms with Crippen molar-refractivity contribution in [2.24, 2.45) is 0 Å². The summed E-state index contributed by atoms with van der Waals surface area (Å²) in [4.78, 5) is 0. The zero-order chi connectivity index (χ0) is 8.82. The van der Waals surface area contributed by atoms with Crippen LogP contribution < -0.4 is 0 Å². The number of benzene rings is 1. The second-order valence-corrected chi connectivity index (χ2v) is 4.23. The molecular weight excluding hydrogens is 195 g/mol. The van der Waals surface area contributed by atoms with Gasteiger partial charge in [-0.1, -0.05) is 53.5 Å². The molecule has 0 amide bonds. The molecule has 0 saturated carbocycles. The van der Waals surface area contributed by atoms with Crippen LogP contribution in [0.2, 0.25) is 0 Å². The van der Waals surface area contributed by atoms with Crippen molar-refractivity contribution in [1.29, 1.82) is 0 Å². The number of hydrogen-bond acceptors (Lipinski definition) is 1. The Morgan fingerprint density at radius 2 is 1.67 bits per heavy atom. The molecule has 0 bridgehead atoms. The van der Waals surface area contributed by atoms with Crippen LogP contribution >= 0.6 is 23.2 Å². The van der Waals surface area contributed by atoms with Crippen LogP contribution in [-0.2, 0) is 9.80 Å². The lowest BCUT2D eigenvalue weighted by molar-refractivity contribution is 0.346. The van der Waals surface area contributed by atoms with E-state index in [0.29, 0.717) is 0 Å². The van der Waals surface area contributed by atoms with Gasteiger partial charge in [-0.05, 0) is 6.92 Å². The highest BCUT2D eigenvalue weighted by Gasteiger charge is 2.66. The molecule has 0 radical (unpaired) electrons. The Labute approximate surface area is 81.2 Å². The lowest BCUT2D eigenvalue weighted by atomic mass is 10.1. The standard InChI is InChI=1S/C9H8Cl2O/c1-8(10)9(11,12-8)7-5-3-2-4-6-7/h2-6H,1H3/t8-,9+/m1/s1. The molecule has 0 N–H and O–H groups in total. The molecule has 64 valence electrons. The van der Waals surface area contributed by atoms with E-state index in [1.54, 1.807) is 6.92 Å². The maximum Gasteiger partial charge on any atom is 0.212 e. The van der Waals surface area contributed by atoms with Crippen LogP contribution in [0.4, 0.5) is 0 Å². The van der Waals surface area contributed by atoms with Crippen molar-refractivity contribution in [1.82, 2.24) is 0 Å². The molecule has 1 aromatic carbocycles. The smallest absolute Gasteiger partial charge is 0.212 e. The molecule has 2 atom stereocenters. The quantitative estimate of drug-likeness (QED) is 0.504. The highest BCUT2D eigenvalue weighted by atomic mass is 35.5. The maximum atomic E-state index is 6.11. The van der Waals surface area contributed by atoms with Crippen molar-refractivity contribution >= 4 is 23.2 Å². The summed E-state index contributed by atoms with van der Waals surface area (Å²) in [6.45, 7) is 1.76. The number of hydrogen-bond donors (Lipinski definition) is 0. The molecule has 0 aromatic heterocycles. The third-order valence-electron chi connectivity index (χ3n) is 2.01. The first-order chi connectivity index (χ1) is 5.56. The zero-order valence-electron chi connectivity index (χ0n) is 6.55. The van der Waals surface area contributed by atoms with Crippen molar-refractivity contribution in [2.75, 3.05) is 0 Å². The maximum absolute atomic E-state index is 6.11. The van der Waals surface area contributed by atoms with Crippen LogP contribution in [0.3, 0.4) is 0 Å². The van der Waals surface area contributed by atoms with Gasteiger partial charge in [0.25, 0.3) is 0 Å². The average Bonchev–Trinajstić information content (AvgIpc) is 2.55. The van der Waals surface area contributed by atoms with Gasteiger partial charge in [-0.15, -0.1) is 0 Å². The lowest BCUT2D eigenvalue weighted by Gasteiger charge is -2.04. The van der Waals surface area contributed by atoms with Gasteiger partial charge in [0.2, 0.25) is 5.06 Å². The summed E-state index contributed by atoms with van der Waals surface area (Å²) >= 11 is 12.0. The first-order valence-corrected chi connectivity index (χ1v) is 4.45. The van der Waals surface area contributed by atoms with Crippen LogP contribution in [0, 0.1) is 0 Å². The molecule has 1 nitrogen and oxygen atoms in total. The van der Waals surface area contributed by atoms with Crippen LogP contribution in [0.5, 0.6) is 0 Å². The van der Waals surface area contributed by atoms with Crippen molar-refractivity contribution in [3.8, 4) is 0 Å². The topological polar surface area (TPSA) is 12.5 Å². The summed E-state index contributed by atoms with van der Waals surface area (Å²) in [6, 6.07) is 9.56. The third-order valence-corrected chi connectivity index (χ3v) is 3.11. The number of halogens is 2. The van der Waals surface area contributed by atoms with Gasteiger partial charge in [-0.2, -0.15) is 0 Å². The van der Waals surface area contributed by atoms with Crippen LogP contribution in [0.1, 0.15) is 12.5 Å². The van der Waals surface area contributed by atoms with Gasteiger partial charge >= 0.3 is 0 Å². The van der Waals surface area contributed by atoms with E-state index in [-0.39, 0.29) is 0 Å². The van der Waals surface area contributed by atoms with Gasteiger partial charge in [0.05, 0.1) is 0 Å². The summed E-state index contributed by atoms with van der Waals surface area (Å²) in [5.41, 5.74) is 0.907. The van der Waals surface area contributed by atoms with E-state index in [1.165, 1.54) is 0 Å². The summed E-state index contributed by atoms with van der Waals surface area (Å²) in [6.07, 6.45) is 0. The van der Waals surface area contributed by atoms with Gasteiger partial charge in [-0.25, -0.2) is 0 Å². The summed E-state index contributed by atoms with van der Waals surface area (Å²) in [5.74, 6) is 0. The Morgan fingerprint density at radius 3 is 2.08 bits per heavy atom. The van der Waals surface area contributed by atoms with Crippen molar-refractivity contribution in [2.45, 2.75) is 17.0 Å². The molecule has 1 aromatic rings. The molecule has 12 heavy (non-hydrogen) atoms. The van der Waals surface area contributed by atoms with E-state index in [1.807, 2.05) is 30.3 Å². The van der Waals surface area contributed by atoms with E-state index in [9.17, 15) is 0 Å². The minimum Gasteiger partial charge on any atom is -0.325 e. The van der Waals surface area contributed by atoms with Crippen molar-refractivity contribution in [3.63, 3.8) is 0 Å². The molecule has 1 fully saturated rings. The summed E-state index contributed by atoms with van der Waals surface area (Å²) < 4.78 is 5.21. The highest BCUT2D eigenvalue weighted by molar-refractivity contribution is 6.36. The molecule has 1 aliphatic rings. The molecule has 1 aliphatic heterocycles. The average molecular weight is 203 g/mol. The van der Waals surface area contributed by atoms with Crippen LogP contribution in [-0.4, -0.2) is 5.06 Å². The van der Waals surface area contributed by atoms with Gasteiger partial charge in [0, 0.05) is 5.56 Å². The van der Waals surface area contributed by atoms with E-state index in [0.717, 1.165) is 5.56 Å². The van der Waals surface area contributed by atoms with Crippen LogP contribution in [0.15, 0.2) is 30.3 Å². The third kappa shape index (κ3) is 1.05. The Kier molecular flexibility index (Phi) is 1.66. The number of ether oxygens (including phenoxy) is 1. The van der Waals surface area contributed by atoms with Crippen molar-refractivity contribution in [3.05, 3.63) is 35.9 Å². The van der Waals surface area contributed by atoms with E-state index in [2.05, 4.69) is 0 Å². The van der Waals surface area contributed by atoms with E-state index < -0.39 is 10.1 Å². The Hall–Kier alpha value is -0.240. The second-order valence-electron chi connectivity index (χ2n) is 2.98. The number of epoxide rings is 1. The lowest BCUT2D eigenvalue weighted by Crippen LogP contribution is -2.08. The predicted molar refractivity (Wildman–Crippen MR) is 49.3 cm³/mol. The van der Waals surface area contributed by atoms with Gasteiger partial charge < -0.3 is 4.74 Å². The fourth-order valence-corrected chi connectivity index (χ4v) is 1.75. The first-order valence-electron chi connectivity index (χ1n) is 3.70. The molecule has 2 rings (SSSR count). The molecule has 0 aliphatic carbocycles. The summed E-state index contributed by atoms with van der Waals surface area (Å²) in [5, 5.41) is -1.58. The molecule has 0 unspecified atom stereocenters. The monoisotopic (exact) mass is 202 g/mol. The molecular formula is C9H8Cl2O. The van der Waals surface area contributed by atoms with E-state index in [4.69, 9.17) is 27.9 Å². The summed E-state index contributed by atoms with van der Waals surface area (Å²) in [7, 11) is 0. The predicted octanol–water partition coefficient (Wildman–Crippen LogP) is 3.06. The van der Waals surface area contributed by atoms with Crippen LogP contribution in [0.25, 0.3) is 0 Å². The highest BCUT2D eigenvalue weighted by Crippen LogP contribution is 2.61. The second kappa shape index (κ2) is 2.38. The normalized spacial score (nSPS) is 39.6. The molecule has 0 spiro atoms. The number of alkyl halides is 2. The van der Waals surface area contributed by atoms with Crippen molar-refractivity contribution < 1.29 is 4.74 Å². The fraction of sp³-hybridized carbons (Fsp3) is 0.333. The SMILES string of the molecule is C[C@@]1(Cl)O[C@@]1(Cl)c1ccccc1.